The lowest BCUT2D eigenvalue weighted by Gasteiger charge is -2.18. The van der Waals surface area contributed by atoms with Crippen molar-refractivity contribution in [2.45, 2.75) is 24.3 Å². The number of amides is 1. The number of carbonyl (C=O) groups excluding carboxylic acids is 1. The SMILES string of the molecule is O=C(O)CSCC(=O)N[C@H]1CO[C@H]2[C@H]1OC[C@H]2Nc1nccc(-c2cccs2)n1. The largest absolute Gasteiger partial charge is 0.481 e. The van der Waals surface area contributed by atoms with Gasteiger partial charge < -0.3 is 25.2 Å². The van der Waals surface area contributed by atoms with Crippen LogP contribution in [-0.4, -0.2) is 76.0 Å². The highest BCUT2D eigenvalue weighted by atomic mass is 32.2. The lowest BCUT2D eigenvalue weighted by molar-refractivity contribution is -0.133. The maximum atomic E-state index is 12.0. The number of ether oxygens (including phenoxy) is 2. The molecule has 11 heteroatoms. The predicted octanol–water partition coefficient (Wildman–Crippen LogP) is 1.09. The van der Waals surface area contributed by atoms with Crippen molar-refractivity contribution in [3.8, 4) is 10.6 Å². The van der Waals surface area contributed by atoms with E-state index in [1.54, 1.807) is 17.5 Å². The smallest absolute Gasteiger partial charge is 0.313 e. The first-order valence-electron chi connectivity index (χ1n) is 9.06. The molecule has 9 nitrogen and oxygen atoms in total. The molecule has 0 aliphatic carbocycles. The molecule has 2 saturated heterocycles. The van der Waals surface area contributed by atoms with E-state index in [1.807, 2.05) is 23.6 Å². The molecule has 0 aromatic carbocycles. The quantitative estimate of drug-likeness (QED) is 0.558. The Balaban J connectivity index is 1.32. The Kier molecular flexibility index (Phi) is 6.28. The van der Waals surface area contributed by atoms with Crippen LogP contribution in [0, 0.1) is 0 Å². The number of carboxylic acid groups (broad SMARTS) is 1. The molecule has 29 heavy (non-hydrogen) atoms. The van der Waals surface area contributed by atoms with E-state index in [1.165, 1.54) is 0 Å². The van der Waals surface area contributed by atoms with Gasteiger partial charge in [0.25, 0.3) is 0 Å². The Morgan fingerprint density at radius 2 is 2.00 bits per heavy atom. The van der Waals surface area contributed by atoms with Crippen LogP contribution < -0.4 is 10.6 Å². The summed E-state index contributed by atoms with van der Waals surface area (Å²) in [5, 5.41) is 16.8. The molecule has 1 amide bonds. The lowest BCUT2D eigenvalue weighted by atomic mass is 10.1. The lowest BCUT2D eigenvalue weighted by Crippen LogP contribution is -2.45. The number of rotatable bonds is 8. The number of aromatic nitrogens is 2. The highest BCUT2D eigenvalue weighted by molar-refractivity contribution is 8.00. The molecule has 4 atom stereocenters. The fraction of sp³-hybridized carbons (Fsp3) is 0.444. The van der Waals surface area contributed by atoms with Crippen LogP contribution in [0.2, 0.25) is 0 Å². The van der Waals surface area contributed by atoms with E-state index in [4.69, 9.17) is 14.6 Å². The summed E-state index contributed by atoms with van der Waals surface area (Å²) in [6.45, 7) is 0.765. The molecule has 0 radical (unpaired) electrons. The third-order valence-corrected chi connectivity index (χ3v) is 6.41. The van der Waals surface area contributed by atoms with Gasteiger partial charge in [0.05, 0.1) is 47.4 Å². The minimum absolute atomic E-state index is 0.0885. The predicted molar refractivity (Wildman–Crippen MR) is 109 cm³/mol. The van der Waals surface area contributed by atoms with Crippen molar-refractivity contribution in [3.05, 3.63) is 29.8 Å². The molecule has 2 aliphatic rings. The standard InChI is InChI=1S/C18H20N4O5S2/c23-14(8-28-9-15(24)25)20-11-6-26-17-12(7-27-16(11)17)22-18-19-4-3-10(21-18)13-2-1-5-29-13/h1-5,11-12,16-17H,6-9H2,(H,20,23)(H,24,25)(H,19,21,22)/t11-,12+,16-,17+/m0/s1. The van der Waals surface area contributed by atoms with Gasteiger partial charge in [-0.05, 0) is 17.5 Å². The molecule has 154 valence electrons. The first-order chi connectivity index (χ1) is 14.1. The van der Waals surface area contributed by atoms with E-state index in [2.05, 4.69) is 20.6 Å². The van der Waals surface area contributed by atoms with Gasteiger partial charge in [0, 0.05) is 6.20 Å². The topological polar surface area (TPSA) is 123 Å². The first kappa shape index (κ1) is 20.1. The van der Waals surface area contributed by atoms with Gasteiger partial charge in [-0.25, -0.2) is 9.97 Å². The molecule has 0 unspecified atom stereocenters. The number of fused-ring (bicyclic) bond motifs is 1. The van der Waals surface area contributed by atoms with Gasteiger partial charge >= 0.3 is 5.97 Å². The molecule has 2 fully saturated rings. The van der Waals surface area contributed by atoms with E-state index in [0.29, 0.717) is 19.2 Å². The third kappa shape index (κ3) is 4.86. The van der Waals surface area contributed by atoms with Crippen LogP contribution in [-0.2, 0) is 19.1 Å². The van der Waals surface area contributed by atoms with E-state index in [9.17, 15) is 9.59 Å². The maximum Gasteiger partial charge on any atom is 0.313 e. The van der Waals surface area contributed by atoms with E-state index < -0.39 is 5.97 Å². The summed E-state index contributed by atoms with van der Waals surface area (Å²) in [4.78, 5) is 32.5. The minimum atomic E-state index is -0.939. The summed E-state index contributed by atoms with van der Waals surface area (Å²) in [5.74, 6) is -0.673. The number of nitrogens with one attached hydrogen (secondary N) is 2. The Labute approximate surface area is 175 Å². The highest BCUT2D eigenvalue weighted by Gasteiger charge is 2.48. The zero-order valence-electron chi connectivity index (χ0n) is 15.3. The van der Waals surface area contributed by atoms with Gasteiger partial charge in [0.1, 0.15) is 12.2 Å². The summed E-state index contributed by atoms with van der Waals surface area (Å²) >= 11 is 2.67. The number of carboxylic acids is 1. The molecule has 2 aliphatic heterocycles. The van der Waals surface area contributed by atoms with Gasteiger partial charge in [-0.3, -0.25) is 9.59 Å². The van der Waals surface area contributed by atoms with E-state index in [0.717, 1.165) is 22.3 Å². The molecule has 3 N–H and O–H groups in total. The van der Waals surface area contributed by atoms with Crippen LogP contribution in [0.15, 0.2) is 29.8 Å². The first-order valence-corrected chi connectivity index (χ1v) is 11.1. The number of hydrogen-bond acceptors (Lipinski definition) is 9. The Morgan fingerprint density at radius 3 is 2.76 bits per heavy atom. The van der Waals surface area contributed by atoms with E-state index >= 15 is 0 Å². The van der Waals surface area contributed by atoms with Crippen LogP contribution in [0.4, 0.5) is 5.95 Å². The average molecular weight is 437 g/mol. The number of aliphatic carboxylic acids is 1. The Hall–Kier alpha value is -2.21. The fourth-order valence-corrected chi connectivity index (χ4v) is 4.62. The molecular formula is C18H20N4O5S2. The summed E-state index contributed by atoms with van der Waals surface area (Å²) in [6, 6.07) is 5.47. The van der Waals surface area contributed by atoms with Crippen molar-refractivity contribution in [1.29, 1.82) is 0 Å². The maximum absolute atomic E-state index is 12.0. The summed E-state index contributed by atoms with van der Waals surface area (Å²) < 4.78 is 11.7. The van der Waals surface area contributed by atoms with Crippen molar-refractivity contribution in [3.63, 3.8) is 0 Å². The zero-order valence-corrected chi connectivity index (χ0v) is 16.9. The van der Waals surface area contributed by atoms with Crippen LogP contribution in [0.25, 0.3) is 10.6 Å². The van der Waals surface area contributed by atoms with Crippen LogP contribution in [0.1, 0.15) is 0 Å². The molecule has 4 rings (SSSR count). The summed E-state index contributed by atoms with van der Waals surface area (Å²) in [7, 11) is 0. The highest BCUT2D eigenvalue weighted by Crippen LogP contribution is 2.29. The molecule has 4 heterocycles. The molecule has 0 spiro atoms. The molecule has 2 aromatic rings. The van der Waals surface area contributed by atoms with E-state index in [-0.39, 0.29) is 41.7 Å². The number of hydrogen-bond donors (Lipinski definition) is 3. The molecule has 0 bridgehead atoms. The Morgan fingerprint density at radius 1 is 1.21 bits per heavy atom. The zero-order chi connectivity index (χ0) is 20.2. The van der Waals surface area contributed by atoms with Crippen molar-refractivity contribution >= 4 is 40.9 Å². The second-order valence-corrected chi connectivity index (χ2v) is 8.58. The molecule has 2 aromatic heterocycles. The van der Waals surface area contributed by atoms with Gasteiger partial charge in [-0.1, -0.05) is 6.07 Å². The number of thioether (sulfide) groups is 1. The normalized spacial score (nSPS) is 25.5. The monoisotopic (exact) mass is 436 g/mol. The third-order valence-electron chi connectivity index (χ3n) is 4.60. The second kappa shape index (κ2) is 9.08. The van der Waals surface area contributed by atoms with Crippen molar-refractivity contribution in [2.75, 3.05) is 30.0 Å². The van der Waals surface area contributed by atoms with Gasteiger partial charge in [0.2, 0.25) is 11.9 Å². The summed E-state index contributed by atoms with van der Waals surface area (Å²) in [5.41, 5.74) is 0.851. The molecular weight excluding hydrogens is 416 g/mol. The van der Waals surface area contributed by atoms with Crippen molar-refractivity contribution in [2.24, 2.45) is 0 Å². The Bertz CT molecular complexity index is 866. The number of nitrogens with zero attached hydrogens (tertiary/aromatic N) is 2. The van der Waals surface area contributed by atoms with Gasteiger partial charge in [-0.15, -0.1) is 23.1 Å². The molecule has 0 saturated carbocycles. The number of anilines is 1. The van der Waals surface area contributed by atoms with Crippen molar-refractivity contribution in [1.82, 2.24) is 15.3 Å². The van der Waals surface area contributed by atoms with Crippen LogP contribution in [0.5, 0.6) is 0 Å². The fourth-order valence-electron chi connectivity index (χ4n) is 3.38. The van der Waals surface area contributed by atoms with Crippen LogP contribution in [0.3, 0.4) is 0 Å². The van der Waals surface area contributed by atoms with Gasteiger partial charge in [0.15, 0.2) is 0 Å². The number of thiophene rings is 1. The van der Waals surface area contributed by atoms with Crippen molar-refractivity contribution < 1.29 is 24.2 Å². The second-order valence-electron chi connectivity index (χ2n) is 6.65. The van der Waals surface area contributed by atoms with Gasteiger partial charge in [-0.2, -0.15) is 0 Å². The minimum Gasteiger partial charge on any atom is -0.481 e. The number of carbonyl (C=O) groups is 2. The summed E-state index contributed by atoms with van der Waals surface area (Å²) in [6.07, 6.45) is 1.23. The van der Waals surface area contributed by atoms with Crippen LogP contribution >= 0.6 is 23.1 Å². The average Bonchev–Trinajstić information content (AvgIpc) is 3.42.